The summed E-state index contributed by atoms with van der Waals surface area (Å²) in [6, 6.07) is 16.6. The van der Waals surface area contributed by atoms with E-state index >= 15 is 0 Å². The lowest BCUT2D eigenvalue weighted by atomic mass is 9.96. The third-order valence-electron chi connectivity index (χ3n) is 5.87. The van der Waals surface area contributed by atoms with Gasteiger partial charge in [-0.05, 0) is 62.2 Å². The quantitative estimate of drug-likeness (QED) is 0.518. The van der Waals surface area contributed by atoms with Crippen LogP contribution in [0.15, 0.2) is 53.0 Å². The zero-order valence-electron chi connectivity index (χ0n) is 17.7. The maximum absolute atomic E-state index is 12.8. The molecular formula is C24H29BrN4O. The van der Waals surface area contributed by atoms with Crippen LogP contribution < -0.4 is 0 Å². The average molecular weight is 469 g/mol. The van der Waals surface area contributed by atoms with Gasteiger partial charge in [0.15, 0.2) is 0 Å². The minimum Gasteiger partial charge on any atom is -0.345 e. The first-order chi connectivity index (χ1) is 14.6. The standard InChI is InChI=1S/C24H29BrN4O/c1-3-14-27(2)24(30)18-7-6-15-28(16-18)17-23-26-21-8-4-5-9-22(21)29(23)20-12-10-19(25)11-13-20/h4-5,8-13,18H,3,6-7,14-17H2,1-2H3/t18-/m0/s1. The molecule has 0 N–H and O–H groups in total. The molecule has 0 radical (unpaired) electrons. The van der Waals surface area contributed by atoms with Crippen LogP contribution in [0.1, 0.15) is 32.0 Å². The van der Waals surface area contributed by atoms with E-state index < -0.39 is 0 Å². The molecule has 0 spiro atoms. The van der Waals surface area contributed by atoms with Crippen LogP contribution in [0.2, 0.25) is 0 Å². The normalized spacial score (nSPS) is 17.4. The molecular weight excluding hydrogens is 440 g/mol. The number of carbonyl (C=O) groups is 1. The second-order valence-corrected chi connectivity index (χ2v) is 9.08. The molecule has 4 rings (SSSR count). The van der Waals surface area contributed by atoms with E-state index in [-0.39, 0.29) is 11.8 Å². The highest BCUT2D eigenvalue weighted by molar-refractivity contribution is 9.10. The van der Waals surface area contributed by atoms with Crippen molar-refractivity contribution in [2.45, 2.75) is 32.7 Å². The van der Waals surface area contributed by atoms with Gasteiger partial charge in [0.2, 0.25) is 5.91 Å². The Balaban J connectivity index is 1.60. The monoisotopic (exact) mass is 468 g/mol. The summed E-state index contributed by atoms with van der Waals surface area (Å²) in [5.41, 5.74) is 3.22. The molecule has 2 heterocycles. The molecule has 1 atom stereocenters. The van der Waals surface area contributed by atoms with Crippen LogP contribution >= 0.6 is 15.9 Å². The molecule has 3 aromatic rings. The number of hydrogen-bond acceptors (Lipinski definition) is 3. The van der Waals surface area contributed by atoms with Gasteiger partial charge in [-0.25, -0.2) is 4.98 Å². The summed E-state index contributed by atoms with van der Waals surface area (Å²) in [4.78, 5) is 22.1. The molecule has 30 heavy (non-hydrogen) atoms. The molecule has 0 saturated carbocycles. The second-order valence-electron chi connectivity index (χ2n) is 8.16. The first-order valence-electron chi connectivity index (χ1n) is 10.8. The average Bonchev–Trinajstić information content (AvgIpc) is 3.12. The van der Waals surface area contributed by atoms with Crippen molar-refractivity contribution in [1.29, 1.82) is 0 Å². The number of halogens is 1. The Kier molecular flexibility index (Phi) is 6.54. The summed E-state index contributed by atoms with van der Waals surface area (Å²) < 4.78 is 3.31. The molecule has 0 bridgehead atoms. The Morgan fingerprint density at radius 3 is 2.73 bits per heavy atom. The van der Waals surface area contributed by atoms with Crippen molar-refractivity contribution in [1.82, 2.24) is 19.4 Å². The summed E-state index contributed by atoms with van der Waals surface area (Å²) >= 11 is 3.53. The smallest absolute Gasteiger partial charge is 0.226 e. The first kappa shape index (κ1) is 21.1. The Morgan fingerprint density at radius 1 is 1.20 bits per heavy atom. The van der Waals surface area contributed by atoms with E-state index in [1.54, 1.807) is 0 Å². The Bertz CT molecular complexity index is 1010. The number of para-hydroxylation sites is 2. The largest absolute Gasteiger partial charge is 0.345 e. The Hall–Kier alpha value is -2.18. The van der Waals surface area contributed by atoms with Gasteiger partial charge in [0.05, 0.1) is 23.5 Å². The van der Waals surface area contributed by atoms with Gasteiger partial charge >= 0.3 is 0 Å². The first-order valence-corrected chi connectivity index (χ1v) is 11.6. The molecule has 2 aromatic carbocycles. The highest BCUT2D eigenvalue weighted by Crippen LogP contribution is 2.26. The predicted molar refractivity (Wildman–Crippen MR) is 125 cm³/mol. The van der Waals surface area contributed by atoms with Crippen LogP contribution in [0, 0.1) is 5.92 Å². The van der Waals surface area contributed by atoms with E-state index in [0.717, 1.165) is 72.5 Å². The maximum Gasteiger partial charge on any atom is 0.226 e. The number of aromatic nitrogens is 2. The number of imidazole rings is 1. The number of fused-ring (bicyclic) bond motifs is 1. The van der Waals surface area contributed by atoms with Crippen LogP contribution in [-0.2, 0) is 11.3 Å². The molecule has 1 aromatic heterocycles. The Labute approximate surface area is 186 Å². The molecule has 0 aliphatic carbocycles. The van der Waals surface area contributed by atoms with Gasteiger partial charge in [-0.2, -0.15) is 0 Å². The molecule has 1 amide bonds. The molecule has 1 fully saturated rings. The summed E-state index contributed by atoms with van der Waals surface area (Å²) in [6.07, 6.45) is 3.03. The van der Waals surface area contributed by atoms with E-state index in [1.165, 1.54) is 0 Å². The van der Waals surface area contributed by atoms with Crippen molar-refractivity contribution >= 4 is 32.9 Å². The summed E-state index contributed by atoms with van der Waals surface area (Å²) in [5, 5.41) is 0. The van der Waals surface area contributed by atoms with Gasteiger partial charge in [0, 0.05) is 30.3 Å². The number of amides is 1. The fraction of sp³-hybridized carbons (Fsp3) is 0.417. The third-order valence-corrected chi connectivity index (χ3v) is 6.40. The molecule has 5 nitrogen and oxygen atoms in total. The van der Waals surface area contributed by atoms with Gasteiger partial charge in [-0.3, -0.25) is 14.3 Å². The number of rotatable bonds is 6. The topological polar surface area (TPSA) is 41.4 Å². The number of hydrogen-bond donors (Lipinski definition) is 0. The van der Waals surface area contributed by atoms with Crippen LogP contribution in [0.5, 0.6) is 0 Å². The molecule has 1 aliphatic rings. The van der Waals surface area contributed by atoms with Crippen molar-refractivity contribution < 1.29 is 4.79 Å². The fourth-order valence-corrected chi connectivity index (χ4v) is 4.68. The van der Waals surface area contributed by atoms with Crippen molar-refractivity contribution in [3.8, 4) is 5.69 Å². The number of nitrogens with zero attached hydrogens (tertiary/aromatic N) is 4. The van der Waals surface area contributed by atoms with Crippen LogP contribution in [0.3, 0.4) is 0 Å². The highest BCUT2D eigenvalue weighted by Gasteiger charge is 2.28. The van der Waals surface area contributed by atoms with E-state index in [1.807, 2.05) is 18.0 Å². The van der Waals surface area contributed by atoms with E-state index in [2.05, 4.69) is 74.8 Å². The van der Waals surface area contributed by atoms with Crippen molar-refractivity contribution in [3.05, 3.63) is 58.8 Å². The van der Waals surface area contributed by atoms with Gasteiger partial charge < -0.3 is 4.90 Å². The van der Waals surface area contributed by atoms with Gasteiger partial charge in [-0.15, -0.1) is 0 Å². The Morgan fingerprint density at radius 2 is 1.97 bits per heavy atom. The SMILES string of the molecule is CCCN(C)C(=O)[C@H]1CCCN(Cc2nc3ccccc3n2-c2ccc(Br)cc2)C1. The minimum atomic E-state index is 0.0841. The number of likely N-dealkylation sites (tertiary alicyclic amines) is 1. The van der Waals surface area contributed by atoms with E-state index in [4.69, 9.17) is 4.98 Å². The van der Waals surface area contributed by atoms with Crippen LogP contribution in [0.4, 0.5) is 0 Å². The molecule has 1 saturated heterocycles. The van der Waals surface area contributed by atoms with Crippen LogP contribution in [-0.4, -0.2) is 51.9 Å². The van der Waals surface area contributed by atoms with Gasteiger partial charge in [-0.1, -0.05) is 35.0 Å². The molecule has 158 valence electrons. The number of piperidine rings is 1. The zero-order valence-corrected chi connectivity index (χ0v) is 19.3. The number of carbonyl (C=O) groups excluding carboxylic acids is 1. The zero-order chi connectivity index (χ0) is 21.1. The van der Waals surface area contributed by atoms with Gasteiger partial charge in [0.25, 0.3) is 0 Å². The summed E-state index contributed by atoms with van der Waals surface area (Å²) in [7, 11) is 1.93. The van der Waals surface area contributed by atoms with E-state index in [9.17, 15) is 4.79 Å². The predicted octanol–water partition coefficient (Wildman–Crippen LogP) is 4.87. The number of benzene rings is 2. The van der Waals surface area contributed by atoms with Crippen molar-refractivity contribution in [3.63, 3.8) is 0 Å². The lowest BCUT2D eigenvalue weighted by Crippen LogP contribution is -2.43. The lowest BCUT2D eigenvalue weighted by Gasteiger charge is -2.33. The van der Waals surface area contributed by atoms with Gasteiger partial charge in [0.1, 0.15) is 5.82 Å². The third kappa shape index (κ3) is 4.44. The molecule has 6 heteroatoms. The summed E-state index contributed by atoms with van der Waals surface area (Å²) in [5.74, 6) is 1.39. The lowest BCUT2D eigenvalue weighted by molar-refractivity contribution is -0.136. The fourth-order valence-electron chi connectivity index (χ4n) is 4.42. The summed E-state index contributed by atoms with van der Waals surface area (Å²) in [6.45, 7) is 5.49. The minimum absolute atomic E-state index is 0.0841. The van der Waals surface area contributed by atoms with Crippen LogP contribution in [0.25, 0.3) is 16.7 Å². The molecule has 0 unspecified atom stereocenters. The highest BCUT2D eigenvalue weighted by atomic mass is 79.9. The maximum atomic E-state index is 12.8. The van der Waals surface area contributed by atoms with E-state index in [0.29, 0.717) is 0 Å². The van der Waals surface area contributed by atoms with Crippen molar-refractivity contribution in [2.75, 3.05) is 26.7 Å². The molecule has 1 aliphatic heterocycles. The second kappa shape index (κ2) is 9.31. The van der Waals surface area contributed by atoms with Crippen molar-refractivity contribution in [2.24, 2.45) is 5.92 Å².